The van der Waals surface area contributed by atoms with Crippen LogP contribution in [0.15, 0.2) is 24.4 Å². The Morgan fingerprint density at radius 2 is 2.30 bits per heavy atom. The van der Waals surface area contributed by atoms with E-state index >= 15 is 0 Å². The molecule has 0 bridgehead atoms. The van der Waals surface area contributed by atoms with Crippen LogP contribution >= 0.6 is 11.5 Å². The number of hydrogen-bond acceptors (Lipinski definition) is 6. The van der Waals surface area contributed by atoms with Gasteiger partial charge in [0.25, 0.3) is 11.8 Å². The van der Waals surface area contributed by atoms with E-state index in [1.54, 1.807) is 24.1 Å². The number of carbonyl (C=O) groups excluding carboxylic acids is 2. The predicted molar refractivity (Wildman–Crippen MR) is 85.7 cm³/mol. The number of likely N-dealkylation sites (N-methyl/N-ethyl adjacent to an activating group) is 1. The highest BCUT2D eigenvalue weighted by Gasteiger charge is 2.30. The van der Waals surface area contributed by atoms with Gasteiger partial charge < -0.3 is 15.0 Å². The normalized spacial score (nSPS) is 17.4. The summed E-state index contributed by atoms with van der Waals surface area (Å²) in [6.45, 7) is 2.58. The van der Waals surface area contributed by atoms with Crippen molar-refractivity contribution < 1.29 is 14.3 Å². The first-order chi connectivity index (χ1) is 11.0. The van der Waals surface area contributed by atoms with Gasteiger partial charge in [0.15, 0.2) is 6.10 Å². The van der Waals surface area contributed by atoms with Crippen LogP contribution in [0.3, 0.4) is 0 Å². The highest BCUT2D eigenvalue weighted by molar-refractivity contribution is 7.07. The molecule has 8 heteroatoms. The molecule has 1 aliphatic heterocycles. The second-order valence-electron chi connectivity index (χ2n) is 5.37. The monoisotopic (exact) mass is 332 g/mol. The number of ether oxygens (including phenoxy) is 1. The summed E-state index contributed by atoms with van der Waals surface area (Å²) in [5.41, 5.74) is 1.54. The van der Waals surface area contributed by atoms with E-state index in [1.807, 2.05) is 13.0 Å². The largest absolute Gasteiger partial charge is 0.481 e. The molecule has 1 aliphatic rings. The second-order valence-corrected chi connectivity index (χ2v) is 6.15. The molecule has 0 radical (unpaired) electrons. The molecule has 3 rings (SSSR count). The number of nitrogens with one attached hydrogen (secondary N) is 1. The van der Waals surface area contributed by atoms with Gasteiger partial charge in [-0.05, 0) is 42.2 Å². The van der Waals surface area contributed by atoms with Crippen molar-refractivity contribution in [2.45, 2.75) is 19.4 Å². The minimum Gasteiger partial charge on any atom is -0.481 e. The molecule has 1 aromatic heterocycles. The lowest BCUT2D eigenvalue weighted by atomic mass is 10.2. The number of aromatic nitrogens is 2. The lowest BCUT2D eigenvalue weighted by Gasteiger charge is -2.14. The molecule has 0 spiro atoms. The molecule has 2 amide bonds. The standard InChI is InChI=1S/C15H16N4O3S/c1-9-7-10(22-12-5-6-19(2)15(12)21)3-4-11(9)17-14(20)13-8-16-18-23-13/h3-4,7-8,12H,5-6H2,1-2H3,(H,17,20)/t12-/m0/s1. The highest BCUT2D eigenvalue weighted by atomic mass is 32.1. The molecule has 0 aliphatic carbocycles. The zero-order valence-corrected chi connectivity index (χ0v) is 13.6. The minimum atomic E-state index is -0.428. The van der Waals surface area contributed by atoms with Gasteiger partial charge in [-0.15, -0.1) is 5.10 Å². The quantitative estimate of drug-likeness (QED) is 0.921. The van der Waals surface area contributed by atoms with Crippen molar-refractivity contribution in [1.29, 1.82) is 0 Å². The fraction of sp³-hybridized carbons (Fsp3) is 0.333. The van der Waals surface area contributed by atoms with Crippen LogP contribution in [0, 0.1) is 6.92 Å². The van der Waals surface area contributed by atoms with Gasteiger partial charge in [-0.25, -0.2) is 0 Å². The maximum Gasteiger partial charge on any atom is 0.269 e. The predicted octanol–water partition coefficient (Wildman–Crippen LogP) is 1.71. The molecule has 7 nitrogen and oxygen atoms in total. The third-order valence-electron chi connectivity index (χ3n) is 3.69. The molecule has 2 aromatic rings. The molecule has 23 heavy (non-hydrogen) atoms. The minimum absolute atomic E-state index is 0.00210. The van der Waals surface area contributed by atoms with Crippen molar-refractivity contribution in [3.8, 4) is 5.75 Å². The number of benzene rings is 1. The van der Waals surface area contributed by atoms with Crippen LogP contribution in [0.5, 0.6) is 5.75 Å². The van der Waals surface area contributed by atoms with E-state index in [0.717, 1.165) is 17.1 Å². The van der Waals surface area contributed by atoms with Crippen molar-refractivity contribution in [3.63, 3.8) is 0 Å². The number of amides is 2. The van der Waals surface area contributed by atoms with Crippen LogP contribution < -0.4 is 10.1 Å². The van der Waals surface area contributed by atoms with Gasteiger partial charge in [-0.2, -0.15) is 0 Å². The topological polar surface area (TPSA) is 84.4 Å². The number of carbonyl (C=O) groups is 2. The summed E-state index contributed by atoms with van der Waals surface area (Å²) in [6.07, 6.45) is 1.68. The molecule has 1 fully saturated rings. The number of hydrogen-bond donors (Lipinski definition) is 1. The lowest BCUT2D eigenvalue weighted by molar-refractivity contribution is -0.132. The first kappa shape index (κ1) is 15.4. The molecule has 0 unspecified atom stereocenters. The average Bonchev–Trinajstić information content (AvgIpc) is 3.16. The van der Waals surface area contributed by atoms with E-state index in [1.165, 1.54) is 6.20 Å². The van der Waals surface area contributed by atoms with Crippen molar-refractivity contribution in [1.82, 2.24) is 14.5 Å². The van der Waals surface area contributed by atoms with Crippen molar-refractivity contribution >= 4 is 29.0 Å². The number of anilines is 1. The Kier molecular flexibility index (Phi) is 4.24. The Morgan fingerprint density at radius 1 is 1.48 bits per heavy atom. The van der Waals surface area contributed by atoms with Crippen LogP contribution in [0.25, 0.3) is 0 Å². The van der Waals surface area contributed by atoms with Gasteiger partial charge in [0, 0.05) is 25.7 Å². The zero-order chi connectivity index (χ0) is 16.4. The molecule has 0 saturated carbocycles. The summed E-state index contributed by atoms with van der Waals surface area (Å²) in [5.74, 6) is 0.371. The van der Waals surface area contributed by atoms with Crippen LogP contribution in [-0.2, 0) is 4.79 Å². The van der Waals surface area contributed by atoms with E-state index in [9.17, 15) is 9.59 Å². The maximum absolute atomic E-state index is 12.0. The molecule has 1 N–H and O–H groups in total. The number of aryl methyl sites for hydroxylation is 1. The third-order valence-corrected chi connectivity index (χ3v) is 4.35. The van der Waals surface area contributed by atoms with Gasteiger partial charge in [0.1, 0.15) is 10.6 Å². The van der Waals surface area contributed by atoms with Gasteiger partial charge >= 0.3 is 0 Å². The Bertz CT molecular complexity index is 732. The first-order valence-corrected chi connectivity index (χ1v) is 7.93. The Morgan fingerprint density at radius 3 is 2.91 bits per heavy atom. The molecule has 120 valence electrons. The summed E-state index contributed by atoms with van der Waals surface area (Å²) in [6, 6.07) is 5.32. The van der Waals surface area contributed by atoms with E-state index in [-0.39, 0.29) is 11.8 Å². The maximum atomic E-state index is 12.0. The molecular weight excluding hydrogens is 316 g/mol. The molecular formula is C15H16N4O3S. The van der Waals surface area contributed by atoms with Crippen molar-refractivity contribution in [2.24, 2.45) is 0 Å². The highest BCUT2D eigenvalue weighted by Crippen LogP contribution is 2.25. The number of nitrogens with zero attached hydrogens (tertiary/aromatic N) is 3. The first-order valence-electron chi connectivity index (χ1n) is 7.15. The Balaban J connectivity index is 1.68. The third kappa shape index (κ3) is 3.31. The molecule has 1 saturated heterocycles. The summed E-state index contributed by atoms with van der Waals surface area (Å²) in [7, 11) is 1.77. The fourth-order valence-electron chi connectivity index (χ4n) is 2.36. The van der Waals surface area contributed by atoms with Gasteiger partial charge in [-0.3, -0.25) is 9.59 Å². The van der Waals surface area contributed by atoms with Gasteiger partial charge in [0.2, 0.25) is 0 Å². The van der Waals surface area contributed by atoms with E-state index in [0.29, 0.717) is 29.3 Å². The van der Waals surface area contributed by atoms with Crippen LogP contribution in [-0.4, -0.2) is 46.0 Å². The number of rotatable bonds is 4. The van der Waals surface area contributed by atoms with Gasteiger partial charge in [-0.1, -0.05) is 4.49 Å². The van der Waals surface area contributed by atoms with Crippen molar-refractivity contribution in [2.75, 3.05) is 18.9 Å². The fourth-order valence-corrected chi connectivity index (χ4v) is 2.78. The zero-order valence-electron chi connectivity index (χ0n) is 12.8. The summed E-state index contributed by atoms with van der Waals surface area (Å²) in [5, 5.41) is 6.45. The SMILES string of the molecule is Cc1cc(O[C@H]2CCN(C)C2=O)ccc1NC(=O)c1cnns1. The van der Waals surface area contributed by atoms with E-state index in [4.69, 9.17) is 4.74 Å². The molecule has 1 atom stereocenters. The second kappa shape index (κ2) is 6.33. The van der Waals surface area contributed by atoms with Crippen LogP contribution in [0.4, 0.5) is 5.69 Å². The van der Waals surface area contributed by atoms with Crippen molar-refractivity contribution in [3.05, 3.63) is 34.8 Å². The Labute approximate surface area is 137 Å². The van der Waals surface area contributed by atoms with Crippen LogP contribution in [0.2, 0.25) is 0 Å². The van der Waals surface area contributed by atoms with E-state index < -0.39 is 6.10 Å². The Hall–Kier alpha value is -2.48. The molecule has 2 heterocycles. The summed E-state index contributed by atoms with van der Waals surface area (Å²) >= 11 is 1.04. The lowest BCUT2D eigenvalue weighted by Crippen LogP contribution is -2.29. The smallest absolute Gasteiger partial charge is 0.269 e. The average molecular weight is 332 g/mol. The van der Waals surface area contributed by atoms with E-state index in [2.05, 4.69) is 14.9 Å². The van der Waals surface area contributed by atoms with Gasteiger partial charge in [0.05, 0.1) is 6.20 Å². The molecule has 1 aromatic carbocycles. The van der Waals surface area contributed by atoms with Crippen LogP contribution in [0.1, 0.15) is 21.7 Å². The number of likely N-dealkylation sites (tertiary alicyclic amines) is 1. The summed E-state index contributed by atoms with van der Waals surface area (Å²) in [4.78, 5) is 26.0. The summed E-state index contributed by atoms with van der Waals surface area (Å²) < 4.78 is 9.42.